The maximum atomic E-state index is 6.75. The summed E-state index contributed by atoms with van der Waals surface area (Å²) in [5.41, 5.74) is 11.8. The molecule has 0 spiro atoms. The van der Waals surface area contributed by atoms with Gasteiger partial charge < -0.3 is 9.47 Å². The molecule has 0 saturated carbocycles. The Bertz CT molecular complexity index is 2220. The Hall–Kier alpha value is -4.80. The highest BCUT2D eigenvalue weighted by atomic mass is 32.1. The first-order valence-electron chi connectivity index (χ1n) is 14.8. The van der Waals surface area contributed by atoms with E-state index in [1.54, 1.807) is 0 Å². The highest BCUT2D eigenvalue weighted by Crippen LogP contribution is 2.45. The molecule has 0 bridgehead atoms. The number of thiophene rings is 1. The monoisotopic (exact) mass is 570 g/mol. The van der Waals surface area contributed by atoms with E-state index in [2.05, 4.69) is 130 Å². The zero-order valence-corrected chi connectivity index (χ0v) is 25.0. The molecule has 0 saturated heterocycles. The van der Waals surface area contributed by atoms with E-state index >= 15 is 0 Å². The number of aryl methyl sites for hydroxylation is 3. The van der Waals surface area contributed by atoms with Crippen molar-refractivity contribution in [1.82, 2.24) is 0 Å². The molecule has 0 atom stereocenters. The maximum Gasteiger partial charge on any atom is 0.260 e. The minimum Gasteiger partial charge on any atom is -0.458 e. The van der Waals surface area contributed by atoms with Crippen molar-refractivity contribution in [3.63, 3.8) is 0 Å². The summed E-state index contributed by atoms with van der Waals surface area (Å²) in [5, 5.41) is 2.64. The van der Waals surface area contributed by atoms with E-state index in [-0.39, 0.29) is 6.71 Å². The van der Waals surface area contributed by atoms with Gasteiger partial charge in [-0.2, -0.15) is 0 Å². The second-order valence-corrected chi connectivity index (χ2v) is 12.8. The molecule has 0 N–H and O–H groups in total. The number of ether oxygens (including phenoxy) is 2. The number of para-hydroxylation sites is 2. The lowest BCUT2D eigenvalue weighted by atomic mass is 9.34. The summed E-state index contributed by atoms with van der Waals surface area (Å²) >= 11 is 1.89. The highest BCUT2D eigenvalue weighted by molar-refractivity contribution is 7.26. The van der Waals surface area contributed by atoms with Gasteiger partial charge in [-0.3, -0.25) is 0 Å². The van der Waals surface area contributed by atoms with Gasteiger partial charge in [0.05, 0.1) is 0 Å². The van der Waals surface area contributed by atoms with Gasteiger partial charge in [-0.05, 0) is 77.2 Å². The Balaban J connectivity index is 1.29. The fourth-order valence-corrected chi connectivity index (χ4v) is 8.43. The molecule has 6 aromatic carbocycles. The molecule has 2 aliphatic rings. The molecule has 204 valence electrons. The molecule has 0 fully saturated rings. The molecule has 2 nitrogen and oxygen atoms in total. The van der Waals surface area contributed by atoms with Crippen LogP contribution in [0.15, 0.2) is 109 Å². The molecule has 43 heavy (non-hydrogen) atoms. The molecule has 9 rings (SSSR count). The van der Waals surface area contributed by atoms with Crippen LogP contribution in [-0.4, -0.2) is 6.71 Å². The van der Waals surface area contributed by atoms with E-state index in [1.807, 2.05) is 11.3 Å². The largest absolute Gasteiger partial charge is 0.458 e. The van der Waals surface area contributed by atoms with Gasteiger partial charge in [-0.25, -0.2) is 0 Å². The topological polar surface area (TPSA) is 18.5 Å². The highest BCUT2D eigenvalue weighted by Gasteiger charge is 2.41. The number of benzene rings is 6. The lowest BCUT2D eigenvalue weighted by Gasteiger charge is -2.34. The van der Waals surface area contributed by atoms with Gasteiger partial charge >= 0.3 is 0 Å². The second kappa shape index (κ2) is 9.10. The summed E-state index contributed by atoms with van der Waals surface area (Å²) in [6, 6.07) is 39.4. The van der Waals surface area contributed by atoms with Gasteiger partial charge in [0.2, 0.25) is 0 Å². The number of hydrogen-bond acceptors (Lipinski definition) is 3. The molecule has 0 aliphatic carbocycles. The molecular weight excluding hydrogens is 543 g/mol. The first-order valence-corrected chi connectivity index (χ1v) is 15.6. The van der Waals surface area contributed by atoms with Crippen molar-refractivity contribution >= 4 is 54.6 Å². The van der Waals surface area contributed by atoms with E-state index in [0.717, 1.165) is 50.7 Å². The van der Waals surface area contributed by atoms with Gasteiger partial charge in [-0.15, -0.1) is 11.3 Å². The Labute approximate surface area is 255 Å². The predicted molar refractivity (Wildman–Crippen MR) is 182 cm³/mol. The Kier molecular flexibility index (Phi) is 5.24. The van der Waals surface area contributed by atoms with Gasteiger partial charge in [-0.1, -0.05) is 97.1 Å². The number of fused-ring (bicyclic) bond motifs is 7. The van der Waals surface area contributed by atoms with E-state index < -0.39 is 0 Å². The molecular formula is C39H27BO2S. The Morgan fingerprint density at radius 3 is 1.72 bits per heavy atom. The van der Waals surface area contributed by atoms with Crippen molar-refractivity contribution in [2.75, 3.05) is 0 Å². The summed E-state index contributed by atoms with van der Waals surface area (Å²) in [4.78, 5) is 0. The summed E-state index contributed by atoms with van der Waals surface area (Å²) in [6.07, 6.45) is 0. The van der Waals surface area contributed by atoms with Crippen LogP contribution >= 0.6 is 11.3 Å². The van der Waals surface area contributed by atoms with Gasteiger partial charge in [0.15, 0.2) is 0 Å². The first-order chi connectivity index (χ1) is 21.1. The van der Waals surface area contributed by atoms with Crippen LogP contribution in [0.5, 0.6) is 23.0 Å². The normalized spacial score (nSPS) is 12.9. The van der Waals surface area contributed by atoms with Gasteiger partial charge in [0.1, 0.15) is 23.0 Å². The van der Waals surface area contributed by atoms with Crippen molar-refractivity contribution in [2.24, 2.45) is 0 Å². The molecule has 0 radical (unpaired) electrons. The summed E-state index contributed by atoms with van der Waals surface area (Å²) in [7, 11) is 0. The van der Waals surface area contributed by atoms with Crippen LogP contribution in [0.1, 0.15) is 16.7 Å². The summed E-state index contributed by atoms with van der Waals surface area (Å²) in [6.45, 7) is 6.54. The third kappa shape index (κ3) is 3.54. The van der Waals surface area contributed by atoms with Gasteiger partial charge in [0.25, 0.3) is 6.71 Å². The van der Waals surface area contributed by atoms with Gasteiger partial charge in [0, 0.05) is 31.2 Å². The zero-order valence-electron chi connectivity index (χ0n) is 24.2. The van der Waals surface area contributed by atoms with Crippen LogP contribution in [0.2, 0.25) is 0 Å². The van der Waals surface area contributed by atoms with Crippen molar-refractivity contribution in [3.05, 3.63) is 126 Å². The minimum absolute atomic E-state index is 0.0668. The fourth-order valence-electron chi connectivity index (χ4n) is 7.14. The van der Waals surface area contributed by atoms with Crippen molar-refractivity contribution in [1.29, 1.82) is 0 Å². The third-order valence-electron chi connectivity index (χ3n) is 9.17. The van der Waals surface area contributed by atoms with Crippen LogP contribution in [0.3, 0.4) is 0 Å². The summed E-state index contributed by atoms with van der Waals surface area (Å²) in [5.74, 6) is 3.65. The smallest absolute Gasteiger partial charge is 0.260 e. The number of hydrogen-bond donors (Lipinski definition) is 0. The predicted octanol–water partition coefficient (Wildman–Crippen LogP) is 9.04. The van der Waals surface area contributed by atoms with E-state index in [1.165, 1.54) is 47.8 Å². The van der Waals surface area contributed by atoms with Crippen molar-refractivity contribution < 1.29 is 9.47 Å². The van der Waals surface area contributed by atoms with E-state index in [9.17, 15) is 0 Å². The van der Waals surface area contributed by atoms with E-state index in [0.29, 0.717) is 0 Å². The molecule has 3 heterocycles. The van der Waals surface area contributed by atoms with Crippen molar-refractivity contribution in [3.8, 4) is 45.3 Å². The molecule has 1 aromatic heterocycles. The Morgan fingerprint density at radius 1 is 0.512 bits per heavy atom. The third-order valence-corrected chi connectivity index (χ3v) is 10.6. The zero-order chi connectivity index (χ0) is 28.8. The quantitative estimate of drug-likeness (QED) is 0.193. The fraction of sp³-hybridized carbons (Fsp3) is 0.0769. The molecule has 7 aromatic rings. The van der Waals surface area contributed by atoms with Crippen LogP contribution in [-0.2, 0) is 0 Å². The van der Waals surface area contributed by atoms with Crippen LogP contribution in [0.4, 0.5) is 0 Å². The molecule has 2 aliphatic heterocycles. The average molecular weight is 571 g/mol. The molecule has 4 heteroatoms. The van der Waals surface area contributed by atoms with Crippen molar-refractivity contribution in [2.45, 2.75) is 20.8 Å². The summed E-state index contributed by atoms with van der Waals surface area (Å²) < 4.78 is 16.2. The SMILES string of the molecule is Cc1cccc2c1Oc1cc(-c3ccccc3-c3cccc4c3sc3c(C)cccc34)cc3c1B2c1cccc(C)c1O3. The lowest BCUT2D eigenvalue weighted by molar-refractivity contribution is 0.461. The maximum absolute atomic E-state index is 6.75. The van der Waals surface area contributed by atoms with Crippen LogP contribution < -0.4 is 25.9 Å². The van der Waals surface area contributed by atoms with Crippen LogP contribution in [0.25, 0.3) is 42.4 Å². The number of rotatable bonds is 2. The minimum atomic E-state index is 0.0668. The Morgan fingerprint density at radius 2 is 1.05 bits per heavy atom. The average Bonchev–Trinajstić information content (AvgIpc) is 3.42. The first kappa shape index (κ1) is 24.8. The molecule has 0 unspecified atom stereocenters. The standard InChI is InChI=1S/C39H27BO2S/c1-22-10-7-18-31-36(22)41-33-20-25(21-34-35(33)40(31)32-19-8-11-23(2)37(32)42-34)26-13-4-5-14-27(26)28-16-9-17-30-29-15-6-12-24(3)38(29)43-39(28)30/h4-21H,1-3H3. The second-order valence-electron chi connectivity index (χ2n) is 11.8. The molecule has 0 amide bonds. The van der Waals surface area contributed by atoms with Crippen LogP contribution in [0, 0.1) is 20.8 Å². The lowest BCUT2D eigenvalue weighted by Crippen LogP contribution is -2.57. The van der Waals surface area contributed by atoms with E-state index in [4.69, 9.17) is 9.47 Å².